The van der Waals surface area contributed by atoms with Gasteiger partial charge in [0.25, 0.3) is 0 Å². The number of fused-ring (bicyclic) bond motifs is 1. The summed E-state index contributed by atoms with van der Waals surface area (Å²) in [5, 5.41) is 8.77. The lowest BCUT2D eigenvalue weighted by molar-refractivity contribution is 0.206. The Morgan fingerprint density at radius 3 is 2.65 bits per heavy atom. The second-order valence-electron chi connectivity index (χ2n) is 5.92. The molecule has 4 heteroatoms. The Balaban J connectivity index is 1.75. The zero-order valence-corrected chi connectivity index (χ0v) is 12.3. The van der Waals surface area contributed by atoms with E-state index in [0.29, 0.717) is 0 Å². The van der Waals surface area contributed by atoms with Gasteiger partial charge < -0.3 is 4.57 Å². The van der Waals surface area contributed by atoms with E-state index in [0.717, 1.165) is 49.3 Å². The highest BCUT2D eigenvalue weighted by Crippen LogP contribution is 2.21. The number of benzene rings is 1. The van der Waals surface area contributed by atoms with Gasteiger partial charge in [0, 0.05) is 18.7 Å². The molecular weight excluding hydrogens is 248 g/mol. The average Bonchev–Trinajstić information content (AvgIpc) is 2.89. The molecule has 106 valence electrons. The molecule has 2 aromatic rings. The minimum atomic E-state index is 0.759. The molecule has 0 aliphatic carbocycles. The van der Waals surface area contributed by atoms with E-state index in [9.17, 15) is 0 Å². The summed E-state index contributed by atoms with van der Waals surface area (Å²) in [6.07, 6.45) is 1.25. The highest BCUT2D eigenvalue weighted by atomic mass is 15.3. The number of nitrogens with zero attached hydrogens (tertiary/aromatic N) is 4. The molecule has 3 rings (SSSR count). The van der Waals surface area contributed by atoms with Crippen molar-refractivity contribution in [2.24, 2.45) is 5.92 Å². The summed E-state index contributed by atoms with van der Waals surface area (Å²) in [6, 6.07) is 10.3. The SMILES string of the molecule is CC(C)CCN1CCn2c(nnc2-c2ccccc2)C1. The molecular formula is C16H22N4. The second kappa shape index (κ2) is 5.75. The molecule has 0 radical (unpaired) electrons. The molecule has 1 aliphatic rings. The lowest BCUT2D eigenvalue weighted by Crippen LogP contribution is -2.35. The quantitative estimate of drug-likeness (QED) is 0.856. The zero-order chi connectivity index (χ0) is 13.9. The van der Waals surface area contributed by atoms with E-state index in [1.165, 1.54) is 6.42 Å². The smallest absolute Gasteiger partial charge is 0.164 e. The van der Waals surface area contributed by atoms with Crippen molar-refractivity contribution in [2.45, 2.75) is 33.4 Å². The van der Waals surface area contributed by atoms with E-state index < -0.39 is 0 Å². The third-order valence-electron chi connectivity index (χ3n) is 3.89. The summed E-state index contributed by atoms with van der Waals surface area (Å²) < 4.78 is 2.27. The van der Waals surface area contributed by atoms with Crippen LogP contribution in [0, 0.1) is 5.92 Å². The molecule has 0 fully saturated rings. The van der Waals surface area contributed by atoms with Crippen molar-refractivity contribution >= 4 is 0 Å². The van der Waals surface area contributed by atoms with Crippen molar-refractivity contribution in [2.75, 3.05) is 13.1 Å². The predicted octanol–water partition coefficient (Wildman–Crippen LogP) is 2.81. The maximum atomic E-state index is 4.38. The number of hydrogen-bond donors (Lipinski definition) is 0. The molecule has 1 aromatic carbocycles. The Hall–Kier alpha value is -1.68. The van der Waals surface area contributed by atoms with Gasteiger partial charge in [0.05, 0.1) is 6.54 Å². The molecule has 1 aromatic heterocycles. The largest absolute Gasteiger partial charge is 0.309 e. The van der Waals surface area contributed by atoms with Gasteiger partial charge >= 0.3 is 0 Å². The van der Waals surface area contributed by atoms with Gasteiger partial charge in [-0.05, 0) is 18.9 Å². The Morgan fingerprint density at radius 1 is 1.10 bits per heavy atom. The van der Waals surface area contributed by atoms with Crippen molar-refractivity contribution in [3.63, 3.8) is 0 Å². The molecule has 20 heavy (non-hydrogen) atoms. The molecule has 0 saturated carbocycles. The molecule has 0 atom stereocenters. The second-order valence-corrected chi connectivity index (χ2v) is 5.92. The van der Waals surface area contributed by atoms with Crippen LogP contribution in [0.3, 0.4) is 0 Å². The first-order chi connectivity index (χ1) is 9.74. The lowest BCUT2D eigenvalue weighted by Gasteiger charge is -2.28. The Bertz CT molecular complexity index is 559. The number of aromatic nitrogens is 3. The van der Waals surface area contributed by atoms with Crippen LogP contribution < -0.4 is 0 Å². The molecule has 1 aliphatic heterocycles. The fraction of sp³-hybridized carbons (Fsp3) is 0.500. The summed E-state index contributed by atoms with van der Waals surface area (Å²) in [5.41, 5.74) is 1.15. The predicted molar refractivity (Wildman–Crippen MR) is 80.2 cm³/mol. The van der Waals surface area contributed by atoms with Crippen LogP contribution in [0.15, 0.2) is 30.3 Å². The van der Waals surface area contributed by atoms with Crippen molar-refractivity contribution in [3.05, 3.63) is 36.2 Å². The van der Waals surface area contributed by atoms with E-state index in [1.807, 2.05) is 6.07 Å². The molecule has 2 heterocycles. The molecule has 0 amide bonds. The van der Waals surface area contributed by atoms with Crippen LogP contribution in [-0.2, 0) is 13.1 Å². The summed E-state index contributed by atoms with van der Waals surface area (Å²) in [7, 11) is 0. The van der Waals surface area contributed by atoms with Crippen molar-refractivity contribution in [1.82, 2.24) is 19.7 Å². The normalized spacial score (nSPS) is 15.6. The highest BCUT2D eigenvalue weighted by Gasteiger charge is 2.21. The van der Waals surface area contributed by atoms with Crippen molar-refractivity contribution in [3.8, 4) is 11.4 Å². The maximum Gasteiger partial charge on any atom is 0.164 e. The molecule has 0 N–H and O–H groups in total. The van der Waals surface area contributed by atoms with Crippen molar-refractivity contribution in [1.29, 1.82) is 0 Å². The first-order valence-corrected chi connectivity index (χ1v) is 7.44. The maximum absolute atomic E-state index is 4.38. The monoisotopic (exact) mass is 270 g/mol. The van der Waals surface area contributed by atoms with Crippen molar-refractivity contribution < 1.29 is 0 Å². The van der Waals surface area contributed by atoms with Gasteiger partial charge in [-0.1, -0.05) is 44.2 Å². The fourth-order valence-electron chi connectivity index (χ4n) is 2.64. The first-order valence-electron chi connectivity index (χ1n) is 7.44. The fourth-order valence-corrected chi connectivity index (χ4v) is 2.64. The minimum absolute atomic E-state index is 0.759. The van der Waals surface area contributed by atoms with Crippen LogP contribution in [0.2, 0.25) is 0 Å². The summed E-state index contributed by atoms with van der Waals surface area (Å²) in [4.78, 5) is 2.48. The third-order valence-corrected chi connectivity index (χ3v) is 3.89. The standard InChI is InChI=1S/C16H22N4/c1-13(2)8-9-19-10-11-20-15(12-19)17-18-16(20)14-6-4-3-5-7-14/h3-7,13H,8-12H2,1-2H3. The lowest BCUT2D eigenvalue weighted by atomic mass is 10.1. The van der Waals surface area contributed by atoms with E-state index >= 15 is 0 Å². The number of rotatable bonds is 4. The van der Waals surface area contributed by atoms with Gasteiger partial charge in [0.15, 0.2) is 5.82 Å². The van der Waals surface area contributed by atoms with Crippen LogP contribution in [0.4, 0.5) is 0 Å². The van der Waals surface area contributed by atoms with Crippen LogP contribution >= 0.6 is 0 Å². The Morgan fingerprint density at radius 2 is 1.90 bits per heavy atom. The molecule has 0 saturated heterocycles. The molecule has 0 bridgehead atoms. The molecule has 0 unspecified atom stereocenters. The van der Waals surface area contributed by atoms with Gasteiger partial charge in [0.2, 0.25) is 0 Å². The first kappa shape index (κ1) is 13.3. The van der Waals surface area contributed by atoms with Gasteiger partial charge in [-0.2, -0.15) is 0 Å². The van der Waals surface area contributed by atoms with Crippen LogP contribution in [0.1, 0.15) is 26.1 Å². The van der Waals surface area contributed by atoms with E-state index in [4.69, 9.17) is 0 Å². The van der Waals surface area contributed by atoms with Gasteiger partial charge in [-0.3, -0.25) is 4.90 Å². The van der Waals surface area contributed by atoms with Crippen LogP contribution in [0.5, 0.6) is 0 Å². The molecule has 0 spiro atoms. The van der Waals surface area contributed by atoms with Gasteiger partial charge in [-0.15, -0.1) is 10.2 Å². The van der Waals surface area contributed by atoms with Crippen LogP contribution in [0.25, 0.3) is 11.4 Å². The van der Waals surface area contributed by atoms with Gasteiger partial charge in [0.1, 0.15) is 5.82 Å². The minimum Gasteiger partial charge on any atom is -0.309 e. The van der Waals surface area contributed by atoms with E-state index in [2.05, 4.69) is 57.8 Å². The summed E-state index contributed by atoms with van der Waals surface area (Å²) in [6.45, 7) is 8.72. The topological polar surface area (TPSA) is 34.0 Å². The van der Waals surface area contributed by atoms with E-state index in [-0.39, 0.29) is 0 Å². The van der Waals surface area contributed by atoms with Gasteiger partial charge in [-0.25, -0.2) is 0 Å². The summed E-state index contributed by atoms with van der Waals surface area (Å²) in [5.74, 6) is 2.86. The Kier molecular flexibility index (Phi) is 3.83. The average molecular weight is 270 g/mol. The van der Waals surface area contributed by atoms with Crippen LogP contribution in [-0.4, -0.2) is 32.8 Å². The molecule has 4 nitrogen and oxygen atoms in total. The summed E-state index contributed by atoms with van der Waals surface area (Å²) >= 11 is 0. The highest BCUT2D eigenvalue weighted by molar-refractivity contribution is 5.55. The zero-order valence-electron chi connectivity index (χ0n) is 12.3. The Labute approximate surface area is 120 Å². The van der Waals surface area contributed by atoms with E-state index in [1.54, 1.807) is 0 Å². The third kappa shape index (κ3) is 2.75. The number of hydrogen-bond acceptors (Lipinski definition) is 3.